The molecule has 122 valence electrons. The lowest BCUT2D eigenvalue weighted by Crippen LogP contribution is -2.41. The van der Waals surface area contributed by atoms with Crippen LogP contribution >= 0.6 is 0 Å². The molecule has 4 N–H and O–H groups in total. The Morgan fingerprint density at radius 2 is 1.95 bits per heavy atom. The fraction of sp³-hybridized carbons (Fsp3) is 0.533. The minimum atomic E-state index is -3.21. The highest BCUT2D eigenvalue weighted by Crippen LogP contribution is 2.25. The van der Waals surface area contributed by atoms with Crippen molar-refractivity contribution in [3.05, 3.63) is 29.8 Å². The Labute approximate surface area is 131 Å². The van der Waals surface area contributed by atoms with Gasteiger partial charge >= 0.3 is 0 Å². The van der Waals surface area contributed by atoms with Crippen LogP contribution in [0.2, 0.25) is 0 Å². The van der Waals surface area contributed by atoms with Gasteiger partial charge in [0.2, 0.25) is 15.9 Å². The second-order valence-corrected chi connectivity index (χ2v) is 7.69. The van der Waals surface area contributed by atoms with Crippen molar-refractivity contribution in [1.29, 1.82) is 0 Å². The normalized spacial score (nSPS) is 21.7. The van der Waals surface area contributed by atoms with E-state index >= 15 is 0 Å². The Kier molecular flexibility index (Phi) is 5.42. The van der Waals surface area contributed by atoms with Crippen molar-refractivity contribution in [3.8, 4) is 0 Å². The van der Waals surface area contributed by atoms with Gasteiger partial charge in [0.1, 0.15) is 0 Å². The molecule has 1 fully saturated rings. The van der Waals surface area contributed by atoms with Crippen molar-refractivity contribution in [2.45, 2.75) is 31.7 Å². The molecule has 1 aliphatic carbocycles. The molecule has 7 heteroatoms. The van der Waals surface area contributed by atoms with Crippen LogP contribution < -0.4 is 15.8 Å². The summed E-state index contributed by atoms with van der Waals surface area (Å²) in [5.41, 5.74) is 7.19. The van der Waals surface area contributed by atoms with Gasteiger partial charge in [0, 0.05) is 18.3 Å². The molecule has 1 saturated carbocycles. The number of sulfonamides is 1. The zero-order valence-electron chi connectivity index (χ0n) is 12.7. The molecule has 0 heterocycles. The number of hydrogen-bond donors (Lipinski definition) is 3. The Morgan fingerprint density at radius 1 is 1.27 bits per heavy atom. The fourth-order valence-electron chi connectivity index (χ4n) is 2.84. The molecule has 1 aliphatic rings. The molecule has 1 amide bonds. The number of hydrogen-bond acceptors (Lipinski definition) is 4. The Hall–Kier alpha value is -1.60. The highest BCUT2D eigenvalue weighted by molar-refractivity contribution is 7.88. The van der Waals surface area contributed by atoms with Gasteiger partial charge in [-0.25, -0.2) is 13.1 Å². The van der Waals surface area contributed by atoms with E-state index < -0.39 is 10.0 Å². The summed E-state index contributed by atoms with van der Waals surface area (Å²) in [6.45, 7) is 0.501. The number of nitrogens with two attached hydrogens (primary N) is 1. The lowest BCUT2D eigenvalue weighted by molar-refractivity contribution is -0.120. The Bertz CT molecular complexity index is 613. The lowest BCUT2D eigenvalue weighted by atomic mass is 10.0. The van der Waals surface area contributed by atoms with Crippen LogP contribution in [0.3, 0.4) is 0 Å². The summed E-state index contributed by atoms with van der Waals surface area (Å²) in [7, 11) is -3.21. The first kappa shape index (κ1) is 16.8. The van der Waals surface area contributed by atoms with Gasteiger partial charge in [-0.2, -0.15) is 0 Å². The van der Waals surface area contributed by atoms with Crippen LogP contribution in [-0.4, -0.2) is 33.2 Å². The van der Waals surface area contributed by atoms with E-state index in [4.69, 9.17) is 5.73 Å². The fourth-order valence-corrected chi connectivity index (χ4v) is 3.70. The standard InChI is InChI=1S/C15H23N3O3S/c1-22(20,21)18-14-4-2-3-12(14)10-17-15(19)9-11-5-7-13(16)8-6-11/h5-8,12,14,18H,2-4,9-10,16H2,1H3,(H,17,19). The maximum absolute atomic E-state index is 12.0. The maximum atomic E-state index is 12.0. The zero-order chi connectivity index (χ0) is 16.2. The number of amides is 1. The van der Waals surface area contributed by atoms with Crippen LogP contribution in [0.5, 0.6) is 0 Å². The Morgan fingerprint density at radius 3 is 2.59 bits per heavy atom. The molecular weight excluding hydrogens is 302 g/mol. The van der Waals surface area contributed by atoms with Gasteiger partial charge in [0.05, 0.1) is 12.7 Å². The summed E-state index contributed by atoms with van der Waals surface area (Å²) in [4.78, 5) is 12.0. The third-order valence-electron chi connectivity index (χ3n) is 3.93. The summed E-state index contributed by atoms with van der Waals surface area (Å²) in [5.74, 6) is 0.0971. The second kappa shape index (κ2) is 7.11. The minimum absolute atomic E-state index is 0.0604. The van der Waals surface area contributed by atoms with E-state index in [0.29, 0.717) is 18.7 Å². The topological polar surface area (TPSA) is 101 Å². The molecule has 0 aliphatic heterocycles. The highest BCUT2D eigenvalue weighted by atomic mass is 32.2. The lowest BCUT2D eigenvalue weighted by Gasteiger charge is -2.20. The van der Waals surface area contributed by atoms with Crippen molar-refractivity contribution < 1.29 is 13.2 Å². The number of nitrogens with one attached hydrogen (secondary N) is 2. The SMILES string of the molecule is CS(=O)(=O)NC1CCCC1CNC(=O)Cc1ccc(N)cc1. The molecule has 1 aromatic carbocycles. The minimum Gasteiger partial charge on any atom is -0.399 e. The maximum Gasteiger partial charge on any atom is 0.224 e. The first-order chi connectivity index (χ1) is 10.3. The molecule has 1 aromatic rings. The molecule has 0 saturated heterocycles. The molecule has 22 heavy (non-hydrogen) atoms. The molecule has 0 radical (unpaired) electrons. The van der Waals surface area contributed by atoms with Crippen LogP contribution in [0.15, 0.2) is 24.3 Å². The summed E-state index contributed by atoms with van der Waals surface area (Å²) >= 11 is 0. The molecule has 2 unspecified atom stereocenters. The van der Waals surface area contributed by atoms with Gasteiger partial charge in [-0.3, -0.25) is 4.79 Å². The predicted octanol–water partition coefficient (Wildman–Crippen LogP) is 0.645. The number of rotatable bonds is 6. The monoisotopic (exact) mass is 325 g/mol. The van der Waals surface area contributed by atoms with E-state index in [1.165, 1.54) is 6.26 Å². The number of anilines is 1. The third kappa shape index (κ3) is 5.31. The average Bonchev–Trinajstić information content (AvgIpc) is 2.84. The van der Waals surface area contributed by atoms with Gasteiger partial charge in [0.15, 0.2) is 0 Å². The van der Waals surface area contributed by atoms with E-state index in [9.17, 15) is 13.2 Å². The summed E-state index contributed by atoms with van der Waals surface area (Å²) in [5, 5.41) is 2.90. The van der Waals surface area contributed by atoms with Crippen LogP contribution in [0, 0.1) is 5.92 Å². The van der Waals surface area contributed by atoms with Gasteiger partial charge in [-0.05, 0) is 36.5 Å². The largest absolute Gasteiger partial charge is 0.399 e. The van der Waals surface area contributed by atoms with Crippen LogP contribution in [0.4, 0.5) is 5.69 Å². The predicted molar refractivity (Wildman–Crippen MR) is 86.7 cm³/mol. The van der Waals surface area contributed by atoms with Crippen LogP contribution in [0.1, 0.15) is 24.8 Å². The van der Waals surface area contributed by atoms with Gasteiger partial charge in [0.25, 0.3) is 0 Å². The Balaban J connectivity index is 1.81. The van der Waals surface area contributed by atoms with Crippen LogP contribution in [-0.2, 0) is 21.2 Å². The van der Waals surface area contributed by atoms with Crippen molar-refractivity contribution in [2.24, 2.45) is 5.92 Å². The molecule has 0 spiro atoms. The van der Waals surface area contributed by atoms with Crippen molar-refractivity contribution >= 4 is 21.6 Å². The van der Waals surface area contributed by atoms with Crippen molar-refractivity contribution in [3.63, 3.8) is 0 Å². The quantitative estimate of drug-likeness (QED) is 0.668. The first-order valence-electron chi connectivity index (χ1n) is 7.42. The first-order valence-corrected chi connectivity index (χ1v) is 9.31. The summed E-state index contributed by atoms with van der Waals surface area (Å²) in [6, 6.07) is 7.13. The summed E-state index contributed by atoms with van der Waals surface area (Å²) in [6.07, 6.45) is 4.20. The molecule has 2 rings (SSSR count). The second-order valence-electron chi connectivity index (χ2n) is 5.91. The van der Waals surface area contributed by atoms with Gasteiger partial charge < -0.3 is 11.1 Å². The van der Waals surface area contributed by atoms with Crippen LogP contribution in [0.25, 0.3) is 0 Å². The van der Waals surface area contributed by atoms with Crippen molar-refractivity contribution in [1.82, 2.24) is 10.0 Å². The highest BCUT2D eigenvalue weighted by Gasteiger charge is 2.29. The molecule has 0 bridgehead atoms. The van der Waals surface area contributed by atoms with E-state index in [1.807, 2.05) is 12.1 Å². The average molecular weight is 325 g/mol. The van der Waals surface area contributed by atoms with E-state index in [2.05, 4.69) is 10.0 Å². The van der Waals surface area contributed by atoms with Crippen molar-refractivity contribution in [2.75, 3.05) is 18.5 Å². The van der Waals surface area contributed by atoms with Gasteiger partial charge in [-0.15, -0.1) is 0 Å². The molecular formula is C15H23N3O3S. The number of nitrogen functional groups attached to an aromatic ring is 1. The van der Waals surface area contributed by atoms with E-state index in [1.54, 1.807) is 12.1 Å². The number of carbonyl (C=O) groups excluding carboxylic acids is 1. The third-order valence-corrected chi connectivity index (χ3v) is 4.66. The molecule has 6 nitrogen and oxygen atoms in total. The van der Waals surface area contributed by atoms with E-state index in [-0.39, 0.29) is 17.9 Å². The molecule has 0 aromatic heterocycles. The summed E-state index contributed by atoms with van der Waals surface area (Å²) < 4.78 is 25.3. The van der Waals surface area contributed by atoms with Gasteiger partial charge in [-0.1, -0.05) is 18.6 Å². The smallest absolute Gasteiger partial charge is 0.224 e. The zero-order valence-corrected chi connectivity index (χ0v) is 13.5. The number of benzene rings is 1. The number of carbonyl (C=O) groups is 1. The van der Waals surface area contributed by atoms with E-state index in [0.717, 1.165) is 24.8 Å². The molecule has 2 atom stereocenters.